The van der Waals surface area contributed by atoms with E-state index in [1.165, 1.54) is 11.1 Å². The first-order valence-corrected chi connectivity index (χ1v) is 10.5. The zero-order chi connectivity index (χ0) is 21.5. The molecule has 31 heavy (non-hydrogen) atoms. The van der Waals surface area contributed by atoms with E-state index in [-0.39, 0.29) is 42.1 Å². The van der Waals surface area contributed by atoms with Gasteiger partial charge in [0.15, 0.2) is 5.96 Å². The van der Waals surface area contributed by atoms with Gasteiger partial charge in [0.1, 0.15) is 0 Å². The Morgan fingerprint density at radius 1 is 0.968 bits per heavy atom. The molecule has 2 N–H and O–H groups in total. The molecule has 0 aliphatic carbocycles. The van der Waals surface area contributed by atoms with E-state index in [1.54, 1.807) is 7.05 Å². The van der Waals surface area contributed by atoms with Crippen molar-refractivity contribution in [3.8, 4) is 0 Å². The van der Waals surface area contributed by atoms with E-state index in [1.807, 2.05) is 43.0 Å². The van der Waals surface area contributed by atoms with Gasteiger partial charge >= 0.3 is 0 Å². The number of rotatable bonds is 5. The zero-order valence-corrected chi connectivity index (χ0v) is 21.1. The lowest BCUT2D eigenvalue weighted by molar-refractivity contribution is -0.0586. The molecule has 2 atom stereocenters. The second kappa shape index (κ2) is 12.0. The van der Waals surface area contributed by atoms with Crippen molar-refractivity contribution in [3.63, 3.8) is 0 Å². The first-order chi connectivity index (χ1) is 14.4. The van der Waals surface area contributed by atoms with Crippen LogP contribution in [0.15, 0.2) is 53.5 Å². The topological polar surface area (TPSA) is 66.0 Å². The number of aliphatic imine (C=N–C) groups is 1. The lowest BCUT2D eigenvalue weighted by atomic mass is 10.1. The molecule has 1 aliphatic heterocycles. The number of benzene rings is 2. The first-order valence-electron chi connectivity index (χ1n) is 10.5. The van der Waals surface area contributed by atoms with Crippen LogP contribution in [-0.2, 0) is 17.8 Å². The van der Waals surface area contributed by atoms with E-state index >= 15 is 0 Å². The molecule has 2 aromatic rings. The van der Waals surface area contributed by atoms with Crippen LogP contribution >= 0.6 is 24.0 Å². The van der Waals surface area contributed by atoms with Gasteiger partial charge in [-0.2, -0.15) is 0 Å². The Bertz CT molecular complexity index is 858. The van der Waals surface area contributed by atoms with Crippen molar-refractivity contribution in [2.75, 3.05) is 20.1 Å². The number of ether oxygens (including phenoxy) is 1. The highest BCUT2D eigenvalue weighted by molar-refractivity contribution is 14.0. The summed E-state index contributed by atoms with van der Waals surface area (Å²) in [7, 11) is 1.76. The highest BCUT2D eigenvalue weighted by Gasteiger charge is 2.26. The summed E-state index contributed by atoms with van der Waals surface area (Å²) in [5.41, 5.74) is 4.26. The fourth-order valence-corrected chi connectivity index (χ4v) is 3.59. The number of carbonyl (C=O) groups excluding carboxylic acids is 1. The van der Waals surface area contributed by atoms with Crippen LogP contribution < -0.4 is 10.6 Å². The summed E-state index contributed by atoms with van der Waals surface area (Å²) in [6.45, 7) is 8.70. The number of guanidine groups is 1. The van der Waals surface area contributed by atoms with Gasteiger partial charge in [0.05, 0.1) is 12.2 Å². The summed E-state index contributed by atoms with van der Waals surface area (Å²) in [4.78, 5) is 18.9. The fourth-order valence-electron chi connectivity index (χ4n) is 3.59. The third kappa shape index (κ3) is 7.50. The number of aryl methyl sites for hydroxylation is 1. The Hall–Kier alpha value is -2.13. The van der Waals surface area contributed by atoms with Crippen LogP contribution in [0.5, 0.6) is 0 Å². The number of amides is 1. The maximum absolute atomic E-state index is 12.8. The van der Waals surface area contributed by atoms with Gasteiger partial charge in [0, 0.05) is 38.8 Å². The van der Waals surface area contributed by atoms with E-state index in [0.717, 1.165) is 11.5 Å². The highest BCUT2D eigenvalue weighted by Crippen LogP contribution is 2.15. The Morgan fingerprint density at radius 2 is 1.45 bits per heavy atom. The van der Waals surface area contributed by atoms with Gasteiger partial charge in [-0.1, -0.05) is 42.0 Å². The largest absolute Gasteiger partial charge is 0.372 e. The smallest absolute Gasteiger partial charge is 0.254 e. The van der Waals surface area contributed by atoms with E-state index < -0.39 is 0 Å². The molecule has 1 heterocycles. The molecule has 6 nitrogen and oxygen atoms in total. The van der Waals surface area contributed by atoms with Gasteiger partial charge in [-0.15, -0.1) is 24.0 Å². The summed E-state index contributed by atoms with van der Waals surface area (Å²) in [6, 6.07) is 16.2. The molecule has 168 valence electrons. The molecule has 2 aromatic carbocycles. The van der Waals surface area contributed by atoms with Gasteiger partial charge in [0.2, 0.25) is 0 Å². The van der Waals surface area contributed by atoms with E-state index in [2.05, 4.69) is 46.8 Å². The van der Waals surface area contributed by atoms with Crippen LogP contribution in [0.3, 0.4) is 0 Å². The molecule has 1 amide bonds. The lowest BCUT2D eigenvalue weighted by Gasteiger charge is -2.35. The van der Waals surface area contributed by atoms with Gasteiger partial charge in [-0.05, 0) is 44.0 Å². The van der Waals surface area contributed by atoms with Crippen molar-refractivity contribution in [1.29, 1.82) is 0 Å². The predicted octanol–water partition coefficient (Wildman–Crippen LogP) is 3.73. The summed E-state index contributed by atoms with van der Waals surface area (Å²) < 4.78 is 5.72. The first kappa shape index (κ1) is 25.1. The molecular weight excluding hydrogens is 503 g/mol. The molecule has 1 aliphatic rings. The third-order valence-electron chi connectivity index (χ3n) is 5.17. The van der Waals surface area contributed by atoms with Crippen LogP contribution in [0.25, 0.3) is 0 Å². The number of hydrogen-bond donors (Lipinski definition) is 2. The standard InChI is InChI=1S/C24H32N4O2.HI/c1-17-5-7-20(8-6-17)13-26-24(25-4)27-14-21-9-11-22(12-10-21)23(29)28-15-18(2)30-19(3)16-28;/h5-12,18-19H,13-16H2,1-4H3,(H2,25,26,27);1H. The Balaban J connectivity index is 0.00000341. The molecule has 1 fully saturated rings. The number of morpholine rings is 1. The van der Waals surface area contributed by atoms with Crippen molar-refractivity contribution in [1.82, 2.24) is 15.5 Å². The molecule has 7 heteroatoms. The summed E-state index contributed by atoms with van der Waals surface area (Å²) in [5, 5.41) is 6.64. The van der Waals surface area contributed by atoms with Crippen molar-refractivity contribution in [2.24, 2.45) is 4.99 Å². The van der Waals surface area contributed by atoms with E-state index in [0.29, 0.717) is 31.7 Å². The third-order valence-corrected chi connectivity index (χ3v) is 5.17. The quantitative estimate of drug-likeness (QED) is 0.348. The minimum atomic E-state index is 0. The number of halogens is 1. The molecule has 0 saturated carbocycles. The van der Waals surface area contributed by atoms with Crippen LogP contribution in [0.4, 0.5) is 0 Å². The van der Waals surface area contributed by atoms with Crippen molar-refractivity contribution in [3.05, 3.63) is 70.8 Å². The van der Waals surface area contributed by atoms with Gasteiger partial charge in [0.25, 0.3) is 5.91 Å². The summed E-state index contributed by atoms with van der Waals surface area (Å²) >= 11 is 0. The average molecular weight is 536 g/mol. The number of nitrogens with one attached hydrogen (secondary N) is 2. The van der Waals surface area contributed by atoms with Crippen molar-refractivity contribution >= 4 is 35.8 Å². The van der Waals surface area contributed by atoms with Crippen LogP contribution in [-0.4, -0.2) is 49.1 Å². The average Bonchev–Trinajstić information content (AvgIpc) is 2.74. The maximum Gasteiger partial charge on any atom is 0.254 e. The second-order valence-electron chi connectivity index (χ2n) is 7.93. The molecule has 3 rings (SSSR count). The van der Waals surface area contributed by atoms with E-state index in [4.69, 9.17) is 4.74 Å². The normalized spacial score (nSPS) is 18.8. The molecule has 0 spiro atoms. The number of nitrogens with zero attached hydrogens (tertiary/aromatic N) is 2. The molecule has 0 radical (unpaired) electrons. The lowest BCUT2D eigenvalue weighted by Crippen LogP contribution is -2.48. The summed E-state index contributed by atoms with van der Waals surface area (Å²) in [5.74, 6) is 0.805. The van der Waals surface area contributed by atoms with Gasteiger partial charge in [-0.25, -0.2) is 0 Å². The molecule has 2 unspecified atom stereocenters. The fraction of sp³-hybridized carbons (Fsp3) is 0.417. The van der Waals surface area contributed by atoms with Crippen molar-refractivity contribution < 1.29 is 9.53 Å². The summed E-state index contributed by atoms with van der Waals surface area (Å²) in [6.07, 6.45) is 0.140. The molecular formula is C24H33IN4O2. The molecule has 1 saturated heterocycles. The Kier molecular flexibility index (Phi) is 9.77. The zero-order valence-electron chi connectivity index (χ0n) is 18.7. The maximum atomic E-state index is 12.8. The van der Waals surface area contributed by atoms with Gasteiger partial charge < -0.3 is 20.3 Å². The number of carbonyl (C=O) groups is 1. The van der Waals surface area contributed by atoms with Crippen molar-refractivity contribution in [2.45, 2.75) is 46.1 Å². The Morgan fingerprint density at radius 3 is 1.94 bits per heavy atom. The van der Waals surface area contributed by atoms with Crippen LogP contribution in [0.2, 0.25) is 0 Å². The molecule has 0 aromatic heterocycles. The van der Waals surface area contributed by atoms with Crippen LogP contribution in [0.1, 0.15) is 40.9 Å². The minimum absolute atomic E-state index is 0. The SMILES string of the molecule is CN=C(NCc1ccc(C)cc1)NCc1ccc(C(=O)N2CC(C)OC(C)C2)cc1.I. The van der Waals surface area contributed by atoms with Crippen LogP contribution in [0, 0.1) is 6.92 Å². The van der Waals surface area contributed by atoms with Gasteiger partial charge in [-0.3, -0.25) is 9.79 Å². The van der Waals surface area contributed by atoms with E-state index in [9.17, 15) is 4.79 Å². The monoisotopic (exact) mass is 536 g/mol. The minimum Gasteiger partial charge on any atom is -0.372 e. The number of hydrogen-bond acceptors (Lipinski definition) is 3. The highest BCUT2D eigenvalue weighted by atomic mass is 127. The predicted molar refractivity (Wildman–Crippen MR) is 136 cm³/mol. The Labute approximate surface area is 202 Å². The molecule has 0 bridgehead atoms. The second-order valence-corrected chi connectivity index (χ2v) is 7.93.